The van der Waals surface area contributed by atoms with Crippen molar-refractivity contribution in [2.45, 2.75) is 21.3 Å². The molecule has 2 aromatic heterocycles. The van der Waals surface area contributed by atoms with Gasteiger partial charge in [0.05, 0.1) is 22.1 Å². The molecule has 0 bridgehead atoms. The second kappa shape index (κ2) is 33.3. The van der Waals surface area contributed by atoms with Gasteiger partial charge in [-0.15, -0.1) is 11.8 Å². The van der Waals surface area contributed by atoms with Crippen LogP contribution in [0.15, 0.2) is 417 Å². The average molecular weight is 1580 g/mol. The Morgan fingerprint density at radius 1 is 0.254 bits per heavy atom. The van der Waals surface area contributed by atoms with Gasteiger partial charge in [-0.25, -0.2) is 0 Å². The topological polar surface area (TPSA) is 25.1 Å². The summed E-state index contributed by atoms with van der Waals surface area (Å²) in [4.78, 5) is 2.36. The molecule has 5 heteroatoms. The van der Waals surface area contributed by atoms with E-state index in [1.165, 1.54) is 160 Å². The normalized spacial score (nSPS) is 11.4. The molecule has 0 aliphatic heterocycles. The molecule has 20 aromatic rings. The van der Waals surface area contributed by atoms with Gasteiger partial charge in [0, 0.05) is 71.8 Å². The molecule has 18 aromatic carbocycles. The maximum absolute atomic E-state index is 5.00. The number of benzene rings is 18. The first-order valence-corrected chi connectivity index (χ1v) is 40.6. The number of para-hydroxylation sites is 4. The lowest BCUT2D eigenvalue weighted by Gasteiger charge is -2.26. The second-order valence-electron chi connectivity index (χ2n) is 29.4. The van der Waals surface area contributed by atoms with Crippen LogP contribution in [-0.4, -0.2) is 9.13 Å². The molecule has 2 heterocycles. The Bertz CT molecular complexity index is 7050. The zero-order chi connectivity index (χ0) is 82.5. The number of anilines is 5. The van der Waals surface area contributed by atoms with Crippen LogP contribution >= 0.6 is 15.9 Å². The summed E-state index contributed by atoms with van der Waals surface area (Å²) in [6.07, 6.45) is 8.94. The molecule has 0 atom stereocenters. The molecule has 2 aliphatic rings. The fourth-order valence-electron chi connectivity index (χ4n) is 16.9. The van der Waals surface area contributed by atoms with E-state index in [4.69, 9.17) is 5.94 Å². The first kappa shape index (κ1) is 72.2. The summed E-state index contributed by atoms with van der Waals surface area (Å²) in [6, 6.07) is 148. The average Bonchev–Trinajstić information content (AvgIpc) is 1.47. The molecule has 1 N–H and O–H groups in total. The third-order valence-electron chi connectivity index (χ3n) is 22.5. The van der Waals surface area contributed by atoms with E-state index in [0.29, 0.717) is 0 Å². The monoisotopic (exact) mass is 1580 g/mol. The van der Waals surface area contributed by atoms with Crippen molar-refractivity contribution in [2.75, 3.05) is 10.2 Å². The first-order chi connectivity index (χ1) is 59.9. The number of hydrogen-bond acceptors (Lipinski definition) is 2. The van der Waals surface area contributed by atoms with E-state index in [0.717, 1.165) is 38.6 Å². The number of nitrogens with one attached hydrogen (secondary N) is 1. The Kier molecular flexibility index (Phi) is 20.4. The van der Waals surface area contributed by atoms with Crippen LogP contribution in [0, 0.1) is 11.8 Å². The van der Waals surface area contributed by atoms with Crippen LogP contribution in [0.4, 0.5) is 28.4 Å². The molecule has 2 aliphatic carbocycles. The third kappa shape index (κ3) is 14.6. The van der Waals surface area contributed by atoms with E-state index in [2.05, 4.69) is 478 Å². The van der Waals surface area contributed by atoms with Gasteiger partial charge >= 0.3 is 0 Å². The van der Waals surface area contributed by atoms with Gasteiger partial charge in [-0.05, 0) is 246 Å². The molecule has 0 unspecified atom stereocenters. The van der Waals surface area contributed by atoms with Crippen LogP contribution in [0.5, 0.6) is 0 Å². The Morgan fingerprint density at radius 2 is 0.500 bits per heavy atom. The lowest BCUT2D eigenvalue weighted by atomic mass is 9.89. The lowest BCUT2D eigenvalue weighted by molar-refractivity contribution is 1.17. The number of rotatable bonds is 13. The molecular formula is C113H87BrN4. The molecule has 118 heavy (non-hydrogen) atoms. The maximum atomic E-state index is 5.00. The van der Waals surface area contributed by atoms with Crippen LogP contribution in [0.25, 0.3) is 168 Å². The van der Waals surface area contributed by atoms with Crippen molar-refractivity contribution in [1.82, 2.24) is 9.13 Å². The van der Waals surface area contributed by atoms with Crippen molar-refractivity contribution in [3.05, 3.63) is 439 Å². The molecule has 22 rings (SSSR count). The largest absolute Gasteiger partial charge is 0.356 e. The number of halogens is 1. The molecule has 0 saturated heterocycles. The Hall–Kier alpha value is -14.8. The quantitative estimate of drug-likeness (QED) is 0.116. The van der Waals surface area contributed by atoms with E-state index >= 15 is 0 Å². The minimum Gasteiger partial charge on any atom is -0.356 e. The van der Waals surface area contributed by atoms with Crippen molar-refractivity contribution in [1.29, 1.82) is 0 Å². The van der Waals surface area contributed by atoms with Crippen LogP contribution in [0.3, 0.4) is 0 Å². The van der Waals surface area contributed by atoms with E-state index < -0.39 is 0 Å². The highest BCUT2D eigenvalue weighted by Gasteiger charge is 2.22. The Balaban J connectivity index is 0.000000143. The first-order valence-electron chi connectivity index (χ1n) is 41.8. The summed E-state index contributed by atoms with van der Waals surface area (Å²) < 4.78 is 25.8. The summed E-state index contributed by atoms with van der Waals surface area (Å²) in [7, 11) is 0. The summed E-state index contributed by atoms with van der Waals surface area (Å²) in [5.74, 6) is 5.36. The standard InChI is InChI=1S/C54H36N2.C36H25N.C18H12BrN.C4H6.CH4.2H2/c1-3-11-37(12-4-1)38-21-27-43(28-22-38)55(45-31-33-46(34-32-45)56-51-17-9-7-15-49(51)50-16-8-10-18-52(50)56)44-29-23-40(24-30-44)48-36-26-42-20-19-41-25-35-47(54(48)53(41)42)39-13-5-2-6-14-39;1-3-7-25(8-4-1)26-13-19-31(20-14-26)37-32-21-15-28(16-22-32)34-24-18-30-12-11-29-17-23-33(36(34)35(29)30)27-9-5-2-6-10-27;19-13-9-11-14(12-10-13)20-17-7-3-1-5-15(17)16-6-2-4-8-18(16)20;1-3-4-2;;;/h1-36H;1-24,37H;1-12H;1-2H3;1H4;2*1H/i;;;;;2*1+1D. The lowest BCUT2D eigenvalue weighted by Crippen LogP contribution is -2.10. The summed E-state index contributed by atoms with van der Waals surface area (Å²) >= 11 is 3.50. The predicted molar refractivity (Wildman–Crippen MR) is 516 cm³/mol. The molecule has 0 saturated carbocycles. The van der Waals surface area contributed by atoms with Gasteiger partial charge in [0.25, 0.3) is 0 Å². The van der Waals surface area contributed by atoms with Crippen molar-refractivity contribution in [3.8, 4) is 90.0 Å². The molecule has 566 valence electrons. The number of nitrogens with zero attached hydrogens (tertiary/aromatic N) is 3. The number of fused-ring (bicyclic) bond motifs is 6. The van der Waals surface area contributed by atoms with Gasteiger partial charge in [-0.2, -0.15) is 0 Å². The fourth-order valence-corrected chi connectivity index (χ4v) is 17.2. The molecule has 0 fully saturated rings. The van der Waals surface area contributed by atoms with Crippen LogP contribution in [0.2, 0.25) is 0 Å². The summed E-state index contributed by atoms with van der Waals surface area (Å²) in [6.45, 7) is 3.64. The van der Waals surface area contributed by atoms with Crippen molar-refractivity contribution in [2.24, 2.45) is 0 Å². The highest BCUT2D eigenvalue weighted by Crippen LogP contribution is 2.47. The van der Waals surface area contributed by atoms with Crippen LogP contribution in [0.1, 0.15) is 49.5 Å². The zero-order valence-electron chi connectivity index (χ0n) is 68.8. The predicted octanol–water partition coefficient (Wildman–Crippen LogP) is 32.7. The highest BCUT2D eigenvalue weighted by atomic mass is 79.9. The minimum atomic E-state index is 0. The maximum Gasteiger partial charge on any atom is 0.0541 e. The number of hydrogen-bond donors (Lipinski definition) is 1. The molecule has 0 spiro atoms. The molecular weight excluding hydrogens is 1490 g/mol. The van der Waals surface area contributed by atoms with Gasteiger partial charge < -0.3 is 19.4 Å². The molecule has 0 amide bonds. The summed E-state index contributed by atoms with van der Waals surface area (Å²) in [5.41, 5.74) is 32.6. The van der Waals surface area contributed by atoms with Crippen molar-refractivity contribution in [3.63, 3.8) is 0 Å². The van der Waals surface area contributed by atoms with E-state index in [9.17, 15) is 0 Å². The smallest absolute Gasteiger partial charge is 0.0541 e. The van der Waals surface area contributed by atoms with Gasteiger partial charge in [0.15, 0.2) is 0 Å². The molecule has 0 radical (unpaired) electrons. The highest BCUT2D eigenvalue weighted by molar-refractivity contribution is 9.10. The summed E-state index contributed by atoms with van der Waals surface area (Å²) in [5, 5.41) is 14.0. The van der Waals surface area contributed by atoms with Gasteiger partial charge in [-0.3, -0.25) is 0 Å². The Labute approximate surface area is 704 Å². The van der Waals surface area contributed by atoms with E-state index in [1.54, 1.807) is 0 Å². The van der Waals surface area contributed by atoms with Crippen LogP contribution in [-0.2, 0) is 0 Å². The second-order valence-corrected chi connectivity index (χ2v) is 30.3. The van der Waals surface area contributed by atoms with Crippen molar-refractivity contribution < 1.29 is 5.94 Å². The van der Waals surface area contributed by atoms with E-state index in [1.807, 2.05) is 19.9 Å². The number of aromatic nitrogens is 2. The van der Waals surface area contributed by atoms with Gasteiger partial charge in [0.2, 0.25) is 0 Å². The Morgan fingerprint density at radius 3 is 0.822 bits per heavy atom. The third-order valence-corrected chi connectivity index (χ3v) is 23.0. The van der Waals surface area contributed by atoms with Gasteiger partial charge in [0.1, 0.15) is 0 Å². The van der Waals surface area contributed by atoms with E-state index in [-0.39, 0.29) is 7.43 Å². The minimum absolute atomic E-state index is 0. The molecule has 4 nitrogen and oxygen atoms in total. The van der Waals surface area contributed by atoms with Crippen LogP contribution < -0.4 is 10.2 Å². The van der Waals surface area contributed by atoms with Gasteiger partial charge in [-0.1, -0.05) is 339 Å². The zero-order valence-corrected chi connectivity index (χ0v) is 66.4. The fraction of sp³-hybridized carbons (Fsp3) is 0.0265. The van der Waals surface area contributed by atoms with Crippen molar-refractivity contribution >= 4 is 134 Å². The SMILES string of the molecule is Brc1ccc(-n2c3ccccc3c3ccccc32)cc1.C.C1=Cc2ccc(-c3ccc(N(c4ccc(-c5ccccc5)cc4)c4ccc(-n5c6ccccc6c6ccccc65)cc4)cc3)c3c(-c4ccccc4)ccc1c23.C1=Cc2ccc(-c3ccc(Nc4ccc(-c5ccccc5)cc4)cc3)c3c(-c4ccccc4)ccc1c23.CC#CC.[2H][2H].[2H][2H].